The fraction of sp³-hybridized carbons (Fsp3) is 0. The first-order chi connectivity index (χ1) is 6.81. The lowest BCUT2D eigenvalue weighted by Crippen LogP contribution is -1.85. The zero-order chi connectivity index (χ0) is 9.97. The molecule has 2 aromatic heterocycles. The standard InChI is InChI=1S/C10H6ClNO2/c11-10-3-1-2-8(12-10)7-4-5-14-9(7)6-13/h1-6H. The van der Waals surface area contributed by atoms with Crippen molar-refractivity contribution < 1.29 is 9.21 Å². The van der Waals surface area contributed by atoms with E-state index in [1.54, 1.807) is 24.3 Å². The van der Waals surface area contributed by atoms with Gasteiger partial charge in [-0.05, 0) is 18.2 Å². The van der Waals surface area contributed by atoms with Crippen molar-refractivity contribution in [3.05, 3.63) is 41.4 Å². The van der Waals surface area contributed by atoms with Crippen LogP contribution in [-0.2, 0) is 0 Å². The van der Waals surface area contributed by atoms with Crippen LogP contribution in [0.2, 0.25) is 5.15 Å². The van der Waals surface area contributed by atoms with Crippen LogP contribution in [0.15, 0.2) is 34.9 Å². The quantitative estimate of drug-likeness (QED) is 0.562. The van der Waals surface area contributed by atoms with E-state index < -0.39 is 0 Å². The van der Waals surface area contributed by atoms with Gasteiger partial charge in [-0.1, -0.05) is 17.7 Å². The molecule has 0 spiro atoms. The summed E-state index contributed by atoms with van der Waals surface area (Å²) in [6.07, 6.45) is 2.10. The predicted octanol–water partition coefficient (Wildman–Crippen LogP) is 2.81. The predicted molar refractivity (Wildman–Crippen MR) is 52.3 cm³/mol. The summed E-state index contributed by atoms with van der Waals surface area (Å²) in [7, 11) is 0. The molecule has 14 heavy (non-hydrogen) atoms. The number of carbonyl (C=O) groups is 1. The largest absolute Gasteiger partial charge is 0.461 e. The summed E-state index contributed by atoms with van der Waals surface area (Å²) in [5, 5.41) is 0.389. The molecule has 0 aliphatic carbocycles. The molecule has 0 bridgehead atoms. The Bertz CT molecular complexity index is 465. The van der Waals surface area contributed by atoms with Crippen LogP contribution in [0.5, 0.6) is 0 Å². The molecule has 4 heteroatoms. The van der Waals surface area contributed by atoms with Crippen LogP contribution >= 0.6 is 11.6 Å². The maximum atomic E-state index is 10.6. The maximum absolute atomic E-state index is 10.6. The second kappa shape index (κ2) is 3.64. The van der Waals surface area contributed by atoms with Crippen molar-refractivity contribution in [3.8, 4) is 11.3 Å². The Morgan fingerprint density at radius 2 is 2.21 bits per heavy atom. The molecule has 0 amide bonds. The van der Waals surface area contributed by atoms with E-state index in [4.69, 9.17) is 16.0 Å². The minimum Gasteiger partial charge on any atom is -0.461 e. The zero-order valence-corrected chi connectivity index (χ0v) is 7.86. The Hall–Kier alpha value is -1.61. The first-order valence-electron chi connectivity index (χ1n) is 3.97. The summed E-state index contributed by atoms with van der Waals surface area (Å²) in [6.45, 7) is 0. The number of furan rings is 1. The highest BCUT2D eigenvalue weighted by molar-refractivity contribution is 6.29. The van der Waals surface area contributed by atoms with Gasteiger partial charge in [0.2, 0.25) is 0 Å². The summed E-state index contributed by atoms with van der Waals surface area (Å²) in [6, 6.07) is 6.89. The van der Waals surface area contributed by atoms with E-state index in [1.165, 1.54) is 6.26 Å². The smallest absolute Gasteiger partial charge is 0.186 e. The van der Waals surface area contributed by atoms with E-state index in [1.807, 2.05) is 0 Å². The van der Waals surface area contributed by atoms with E-state index in [-0.39, 0.29) is 5.76 Å². The second-order valence-electron chi connectivity index (χ2n) is 2.66. The third kappa shape index (κ3) is 1.54. The Kier molecular flexibility index (Phi) is 2.33. The number of carbonyl (C=O) groups excluding carboxylic acids is 1. The number of halogens is 1. The van der Waals surface area contributed by atoms with E-state index >= 15 is 0 Å². The fourth-order valence-electron chi connectivity index (χ4n) is 1.18. The fourth-order valence-corrected chi connectivity index (χ4v) is 1.35. The minimum absolute atomic E-state index is 0.264. The van der Waals surface area contributed by atoms with Crippen LogP contribution in [-0.4, -0.2) is 11.3 Å². The molecule has 0 fully saturated rings. The topological polar surface area (TPSA) is 43.1 Å². The molecular weight excluding hydrogens is 202 g/mol. The second-order valence-corrected chi connectivity index (χ2v) is 3.05. The molecule has 0 saturated heterocycles. The highest BCUT2D eigenvalue weighted by atomic mass is 35.5. The molecule has 3 nitrogen and oxygen atoms in total. The van der Waals surface area contributed by atoms with Crippen LogP contribution in [0.25, 0.3) is 11.3 Å². The minimum atomic E-state index is 0.264. The van der Waals surface area contributed by atoms with Crippen molar-refractivity contribution >= 4 is 17.9 Å². The number of hydrogen-bond donors (Lipinski definition) is 0. The van der Waals surface area contributed by atoms with Crippen molar-refractivity contribution in [3.63, 3.8) is 0 Å². The van der Waals surface area contributed by atoms with Crippen LogP contribution in [0.3, 0.4) is 0 Å². The van der Waals surface area contributed by atoms with E-state index in [0.717, 1.165) is 0 Å². The lowest BCUT2D eigenvalue weighted by atomic mass is 10.2. The number of pyridine rings is 1. The summed E-state index contributed by atoms with van der Waals surface area (Å²) < 4.78 is 4.96. The van der Waals surface area contributed by atoms with E-state index in [9.17, 15) is 4.79 Å². The van der Waals surface area contributed by atoms with Crippen molar-refractivity contribution in [2.75, 3.05) is 0 Å². The number of nitrogens with zero attached hydrogens (tertiary/aromatic N) is 1. The number of hydrogen-bond acceptors (Lipinski definition) is 3. The molecule has 0 atom stereocenters. The third-order valence-corrected chi connectivity index (χ3v) is 2.00. The molecule has 0 unspecified atom stereocenters. The van der Waals surface area contributed by atoms with Gasteiger partial charge < -0.3 is 4.42 Å². The Balaban J connectivity index is 2.54. The van der Waals surface area contributed by atoms with Crippen LogP contribution in [0.1, 0.15) is 10.6 Å². The lowest BCUT2D eigenvalue weighted by Gasteiger charge is -1.97. The van der Waals surface area contributed by atoms with Crippen molar-refractivity contribution in [2.45, 2.75) is 0 Å². The van der Waals surface area contributed by atoms with Gasteiger partial charge in [-0.25, -0.2) is 4.98 Å². The van der Waals surface area contributed by atoms with Gasteiger partial charge >= 0.3 is 0 Å². The molecular formula is C10H6ClNO2. The first-order valence-corrected chi connectivity index (χ1v) is 4.34. The van der Waals surface area contributed by atoms with Gasteiger partial charge in [0.05, 0.1) is 12.0 Å². The number of aromatic nitrogens is 1. The number of rotatable bonds is 2. The molecule has 0 radical (unpaired) electrons. The van der Waals surface area contributed by atoms with Crippen LogP contribution in [0.4, 0.5) is 0 Å². The van der Waals surface area contributed by atoms with Gasteiger partial charge in [0, 0.05) is 5.56 Å². The Labute approximate surface area is 85.3 Å². The van der Waals surface area contributed by atoms with E-state index in [0.29, 0.717) is 22.7 Å². The molecule has 2 rings (SSSR count). The van der Waals surface area contributed by atoms with Gasteiger partial charge in [0.15, 0.2) is 12.0 Å². The lowest BCUT2D eigenvalue weighted by molar-refractivity contribution is 0.110. The molecule has 0 aromatic carbocycles. The molecule has 0 saturated carbocycles. The molecule has 2 aromatic rings. The monoisotopic (exact) mass is 207 g/mol. The molecule has 0 aliphatic heterocycles. The molecule has 2 heterocycles. The summed E-state index contributed by atoms with van der Waals surface area (Å²) in [5.41, 5.74) is 1.29. The van der Waals surface area contributed by atoms with Crippen LogP contribution in [0, 0.1) is 0 Å². The van der Waals surface area contributed by atoms with Crippen molar-refractivity contribution in [1.29, 1.82) is 0 Å². The van der Waals surface area contributed by atoms with Crippen LogP contribution < -0.4 is 0 Å². The highest BCUT2D eigenvalue weighted by Crippen LogP contribution is 2.22. The van der Waals surface area contributed by atoms with Gasteiger partial charge in [0.25, 0.3) is 0 Å². The summed E-state index contributed by atoms with van der Waals surface area (Å²) >= 11 is 5.73. The molecule has 0 N–H and O–H groups in total. The Morgan fingerprint density at radius 1 is 1.36 bits per heavy atom. The normalized spacial score (nSPS) is 10.1. The van der Waals surface area contributed by atoms with Gasteiger partial charge in [0.1, 0.15) is 5.15 Å². The molecule has 70 valence electrons. The van der Waals surface area contributed by atoms with Gasteiger partial charge in [-0.3, -0.25) is 4.79 Å². The third-order valence-electron chi connectivity index (χ3n) is 1.79. The van der Waals surface area contributed by atoms with Crippen molar-refractivity contribution in [2.24, 2.45) is 0 Å². The average molecular weight is 208 g/mol. The Morgan fingerprint density at radius 3 is 2.93 bits per heavy atom. The maximum Gasteiger partial charge on any atom is 0.186 e. The summed E-state index contributed by atoms with van der Waals surface area (Å²) in [5.74, 6) is 0.264. The highest BCUT2D eigenvalue weighted by Gasteiger charge is 2.08. The van der Waals surface area contributed by atoms with Gasteiger partial charge in [-0.2, -0.15) is 0 Å². The average Bonchev–Trinajstić information content (AvgIpc) is 2.65. The molecule has 0 aliphatic rings. The first kappa shape index (κ1) is 8.97. The number of aldehydes is 1. The van der Waals surface area contributed by atoms with Crippen molar-refractivity contribution in [1.82, 2.24) is 4.98 Å². The van der Waals surface area contributed by atoms with Gasteiger partial charge in [-0.15, -0.1) is 0 Å². The van der Waals surface area contributed by atoms with E-state index in [2.05, 4.69) is 4.98 Å². The summed E-state index contributed by atoms with van der Waals surface area (Å²) in [4.78, 5) is 14.7. The zero-order valence-electron chi connectivity index (χ0n) is 7.11. The SMILES string of the molecule is O=Cc1occc1-c1cccc(Cl)n1.